The van der Waals surface area contributed by atoms with Crippen molar-refractivity contribution in [2.45, 2.75) is 77.0 Å². The minimum atomic E-state index is -1.37. The summed E-state index contributed by atoms with van der Waals surface area (Å²) >= 11 is 0. The molecule has 7 heteroatoms. The molecular formula is C62H58O6Zn. The summed E-state index contributed by atoms with van der Waals surface area (Å²) in [6.45, 7) is 12.4. The minimum Gasteiger partial charge on any atom is -0.545 e. The summed E-state index contributed by atoms with van der Waals surface area (Å²) in [7, 11) is 0. The average molecular weight is 965 g/mol. The van der Waals surface area contributed by atoms with Gasteiger partial charge in [-0.25, -0.2) is 0 Å². The molecule has 6 unspecified atom stereocenters. The predicted octanol–water partition coefficient (Wildman–Crippen LogP) is 12.4. The van der Waals surface area contributed by atoms with Crippen LogP contribution in [0.3, 0.4) is 0 Å². The van der Waals surface area contributed by atoms with Crippen LogP contribution in [-0.4, -0.2) is 22.2 Å². The second kappa shape index (κ2) is 23.3. The molecule has 8 aromatic rings. The van der Waals surface area contributed by atoms with E-state index in [1.165, 1.54) is 34.4 Å². The number of carbonyl (C=O) groups is 2. The molecule has 0 saturated heterocycles. The molecule has 6 atom stereocenters. The van der Waals surface area contributed by atoms with Gasteiger partial charge in [-0.1, -0.05) is 224 Å². The molecule has 0 aliphatic heterocycles. The van der Waals surface area contributed by atoms with E-state index in [2.05, 4.69) is 86.6 Å². The van der Waals surface area contributed by atoms with Crippen molar-refractivity contribution >= 4 is 11.9 Å². The van der Waals surface area contributed by atoms with E-state index in [4.69, 9.17) is 0 Å². The summed E-state index contributed by atoms with van der Waals surface area (Å²) in [5, 5.41) is 45.3. The molecule has 344 valence electrons. The first-order valence-electron chi connectivity index (χ1n) is 23.3. The van der Waals surface area contributed by atoms with Gasteiger partial charge < -0.3 is 30.0 Å². The van der Waals surface area contributed by atoms with Crippen LogP contribution in [0.2, 0.25) is 0 Å². The Labute approximate surface area is 419 Å². The molecule has 6 nitrogen and oxygen atoms in total. The van der Waals surface area contributed by atoms with Crippen LogP contribution in [0, 0.1) is 0 Å². The standard InChI is InChI=1S/2C31H30O3.Zn/c2*1-20(23-10-6-4-7-11-23)25-14-16-26(17-15-25)22(3)28-18-27(19-29(30(28)32)31(33)34)21(2)24-12-8-5-9-13-24;/h2*4-22,32H,1-3H3,(H,33,34);/q;;+2/p-2. The van der Waals surface area contributed by atoms with Gasteiger partial charge >= 0.3 is 19.5 Å². The second-order valence-electron chi connectivity index (χ2n) is 17.9. The molecule has 0 aliphatic rings. The fourth-order valence-electron chi connectivity index (χ4n) is 9.07. The quantitative estimate of drug-likeness (QED) is 0.105. The summed E-state index contributed by atoms with van der Waals surface area (Å²) in [6, 6.07) is 64.1. The molecule has 8 aromatic carbocycles. The molecule has 8 rings (SSSR count). The number of phenols is 2. The van der Waals surface area contributed by atoms with Gasteiger partial charge in [0.25, 0.3) is 0 Å². The third-order valence-corrected chi connectivity index (χ3v) is 13.8. The number of aromatic hydroxyl groups is 2. The normalized spacial score (nSPS) is 13.5. The first-order chi connectivity index (χ1) is 32.7. The average Bonchev–Trinajstić information content (AvgIpc) is 3.38. The van der Waals surface area contributed by atoms with E-state index in [9.17, 15) is 30.0 Å². The van der Waals surface area contributed by atoms with Gasteiger partial charge in [-0.05, 0) is 67.8 Å². The van der Waals surface area contributed by atoms with E-state index in [0.717, 1.165) is 33.4 Å². The summed E-state index contributed by atoms with van der Waals surface area (Å²) in [5.74, 6) is -3.11. The SMILES string of the molecule is CC(c1ccccc1)c1ccc(C(C)c2cc(C(C)c3ccccc3)cc(C(=O)[O-])c2O)cc1.CC(c1ccccc1)c1ccc(C(C)c2cc(C(C)c3ccccc3)cc(C(=O)[O-])c2O)cc1.[Zn+2]. The van der Waals surface area contributed by atoms with Crippen molar-refractivity contribution in [2.75, 3.05) is 0 Å². The second-order valence-corrected chi connectivity index (χ2v) is 17.9. The predicted molar refractivity (Wildman–Crippen MR) is 269 cm³/mol. The topological polar surface area (TPSA) is 121 Å². The van der Waals surface area contributed by atoms with Crippen molar-refractivity contribution in [3.63, 3.8) is 0 Å². The first-order valence-corrected chi connectivity index (χ1v) is 23.3. The van der Waals surface area contributed by atoms with Crippen molar-refractivity contribution in [3.8, 4) is 11.5 Å². The van der Waals surface area contributed by atoms with Gasteiger partial charge in [-0.2, -0.15) is 0 Å². The first kappa shape index (κ1) is 51.3. The zero-order valence-corrected chi connectivity index (χ0v) is 43.1. The maximum absolute atomic E-state index is 11.8. The van der Waals surface area contributed by atoms with Crippen LogP contribution in [0.15, 0.2) is 194 Å². The van der Waals surface area contributed by atoms with Gasteiger partial charge in [-0.15, -0.1) is 0 Å². The molecule has 0 heterocycles. The zero-order valence-electron chi connectivity index (χ0n) is 40.2. The minimum absolute atomic E-state index is 0. The molecule has 0 spiro atoms. The van der Waals surface area contributed by atoms with Crippen molar-refractivity contribution in [1.29, 1.82) is 0 Å². The number of hydrogen-bond donors (Lipinski definition) is 2. The van der Waals surface area contributed by atoms with Crippen LogP contribution in [0.25, 0.3) is 0 Å². The monoisotopic (exact) mass is 962 g/mol. The van der Waals surface area contributed by atoms with Gasteiger partial charge in [0.15, 0.2) is 0 Å². The number of rotatable bonds is 14. The van der Waals surface area contributed by atoms with Crippen LogP contribution in [0.1, 0.15) is 165 Å². The number of hydrogen-bond acceptors (Lipinski definition) is 6. The smallest absolute Gasteiger partial charge is 0.545 e. The van der Waals surface area contributed by atoms with Crippen molar-refractivity contribution in [1.82, 2.24) is 0 Å². The molecule has 0 aliphatic carbocycles. The summed E-state index contributed by atoms with van der Waals surface area (Å²) in [5.41, 5.74) is 11.6. The van der Waals surface area contributed by atoms with E-state index in [1.807, 2.05) is 137 Å². The van der Waals surface area contributed by atoms with Gasteiger partial charge in [0.1, 0.15) is 11.5 Å². The van der Waals surface area contributed by atoms with E-state index in [1.54, 1.807) is 0 Å². The van der Waals surface area contributed by atoms with E-state index >= 15 is 0 Å². The van der Waals surface area contributed by atoms with Crippen LogP contribution >= 0.6 is 0 Å². The number of aromatic carboxylic acids is 2. The van der Waals surface area contributed by atoms with Crippen molar-refractivity contribution in [3.05, 3.63) is 272 Å². The zero-order chi connectivity index (χ0) is 48.5. The molecule has 0 fully saturated rings. The van der Waals surface area contributed by atoms with E-state index in [0.29, 0.717) is 11.1 Å². The van der Waals surface area contributed by atoms with E-state index in [-0.39, 0.29) is 77.6 Å². The summed E-state index contributed by atoms with van der Waals surface area (Å²) in [6.07, 6.45) is 0. The van der Waals surface area contributed by atoms with Gasteiger partial charge in [0.2, 0.25) is 0 Å². The van der Waals surface area contributed by atoms with Crippen molar-refractivity contribution in [2.24, 2.45) is 0 Å². The molecule has 0 bridgehead atoms. The van der Waals surface area contributed by atoms with Gasteiger partial charge in [0.05, 0.1) is 11.9 Å². The van der Waals surface area contributed by atoms with Crippen LogP contribution in [-0.2, 0) is 19.5 Å². The molecule has 0 amide bonds. The van der Waals surface area contributed by atoms with Gasteiger partial charge in [0, 0.05) is 57.8 Å². The maximum Gasteiger partial charge on any atom is 2.00 e. The Hall–Kier alpha value is -7.08. The molecule has 2 N–H and O–H groups in total. The Morgan fingerprint density at radius 1 is 0.319 bits per heavy atom. The third kappa shape index (κ3) is 12.0. The number of carboxylic acid groups (broad SMARTS) is 2. The van der Waals surface area contributed by atoms with Crippen molar-refractivity contribution < 1.29 is 49.5 Å². The van der Waals surface area contributed by atoms with Gasteiger partial charge in [-0.3, -0.25) is 0 Å². The molecule has 69 heavy (non-hydrogen) atoms. The Bertz CT molecular complexity index is 2730. The van der Waals surface area contributed by atoms with E-state index < -0.39 is 11.9 Å². The molecule has 0 aromatic heterocycles. The Balaban J connectivity index is 0.000000224. The number of carbonyl (C=O) groups excluding carboxylic acids is 2. The van der Waals surface area contributed by atoms with Crippen LogP contribution in [0.5, 0.6) is 11.5 Å². The molecule has 0 radical (unpaired) electrons. The largest absolute Gasteiger partial charge is 2.00 e. The Morgan fingerprint density at radius 3 is 0.754 bits per heavy atom. The van der Waals surface area contributed by atoms with Crippen LogP contribution < -0.4 is 10.2 Å². The Morgan fingerprint density at radius 2 is 0.522 bits per heavy atom. The third-order valence-electron chi connectivity index (χ3n) is 13.8. The maximum atomic E-state index is 11.8. The number of benzene rings is 8. The van der Waals surface area contributed by atoms with Crippen LogP contribution in [0.4, 0.5) is 0 Å². The summed E-state index contributed by atoms with van der Waals surface area (Å²) < 4.78 is 0. The number of carboxylic acids is 2. The molecular weight excluding hydrogens is 906 g/mol. The Kier molecular flexibility index (Phi) is 17.3. The summed E-state index contributed by atoms with van der Waals surface area (Å²) in [4.78, 5) is 23.7. The fraction of sp³-hybridized carbons (Fsp3) is 0.194. The molecule has 0 saturated carbocycles. The fourth-order valence-corrected chi connectivity index (χ4v) is 9.07.